The highest BCUT2D eigenvalue weighted by Gasteiger charge is 2.10. The van der Waals surface area contributed by atoms with Crippen molar-refractivity contribution in [3.05, 3.63) is 72.1 Å². The highest BCUT2D eigenvalue weighted by Crippen LogP contribution is 2.12. The molecule has 3 nitrogen and oxygen atoms in total. The smallest absolute Gasteiger partial charge is 0.211 e. The second-order valence-electron chi connectivity index (χ2n) is 3.94. The zero-order valence-corrected chi connectivity index (χ0v) is 9.58. The van der Waals surface area contributed by atoms with Crippen LogP contribution in [-0.4, -0.2) is 15.8 Å². The van der Waals surface area contributed by atoms with Gasteiger partial charge in [0.1, 0.15) is 5.69 Å². The molecule has 0 unspecified atom stereocenters. The number of ketones is 1. The molecule has 3 rings (SSSR count). The predicted octanol–water partition coefficient (Wildman–Crippen LogP) is 2.86. The first-order valence-corrected chi connectivity index (χ1v) is 5.66. The van der Waals surface area contributed by atoms with Crippen LogP contribution in [0.15, 0.2) is 60.8 Å². The third-order valence-corrected chi connectivity index (χ3v) is 2.73. The lowest BCUT2D eigenvalue weighted by molar-refractivity contribution is 0.103. The molecule has 0 fully saturated rings. The van der Waals surface area contributed by atoms with E-state index < -0.39 is 0 Å². The van der Waals surface area contributed by atoms with Crippen molar-refractivity contribution >= 4 is 16.8 Å². The topological polar surface area (TPSA) is 42.9 Å². The second kappa shape index (κ2) is 4.37. The summed E-state index contributed by atoms with van der Waals surface area (Å²) < 4.78 is 0. The van der Waals surface area contributed by atoms with Gasteiger partial charge < -0.3 is 0 Å². The van der Waals surface area contributed by atoms with Crippen molar-refractivity contribution in [2.24, 2.45) is 0 Å². The Bertz CT molecular complexity index is 708. The van der Waals surface area contributed by atoms with Crippen LogP contribution in [0.25, 0.3) is 11.0 Å². The van der Waals surface area contributed by atoms with Crippen LogP contribution in [0.4, 0.5) is 0 Å². The van der Waals surface area contributed by atoms with Crippen LogP contribution in [0, 0.1) is 0 Å². The monoisotopic (exact) mass is 234 g/mol. The predicted molar refractivity (Wildman–Crippen MR) is 69.4 cm³/mol. The standard InChI is InChI=1S/C15H10N2O/c18-14(11-5-2-1-3-6-11)13-9-8-12-7-4-10-16-15(12)17-13/h1-10H. The molecule has 0 aliphatic rings. The zero-order chi connectivity index (χ0) is 12.4. The van der Waals surface area contributed by atoms with Gasteiger partial charge in [-0.1, -0.05) is 30.3 Å². The number of carbonyl (C=O) groups is 1. The molecule has 0 bridgehead atoms. The number of benzene rings is 1. The van der Waals surface area contributed by atoms with E-state index in [0.717, 1.165) is 5.39 Å². The minimum Gasteiger partial charge on any atom is -0.287 e. The Balaban J connectivity index is 2.07. The number of hydrogen-bond donors (Lipinski definition) is 0. The van der Waals surface area contributed by atoms with Crippen LogP contribution in [0.5, 0.6) is 0 Å². The normalized spacial score (nSPS) is 10.4. The molecule has 0 N–H and O–H groups in total. The quantitative estimate of drug-likeness (QED) is 0.640. The molecule has 0 spiro atoms. The average molecular weight is 234 g/mol. The lowest BCUT2D eigenvalue weighted by atomic mass is 10.1. The summed E-state index contributed by atoms with van der Waals surface area (Å²) in [5.74, 6) is -0.0804. The SMILES string of the molecule is O=C(c1ccccc1)c1ccc2cccnc2n1. The van der Waals surface area contributed by atoms with Gasteiger partial charge in [-0.05, 0) is 24.3 Å². The van der Waals surface area contributed by atoms with Crippen LogP contribution in [-0.2, 0) is 0 Å². The molecular formula is C15H10N2O. The third-order valence-electron chi connectivity index (χ3n) is 2.73. The molecule has 0 aliphatic carbocycles. The number of aromatic nitrogens is 2. The van der Waals surface area contributed by atoms with E-state index in [-0.39, 0.29) is 5.78 Å². The molecular weight excluding hydrogens is 224 g/mol. The maximum Gasteiger partial charge on any atom is 0.211 e. The summed E-state index contributed by atoms with van der Waals surface area (Å²) in [7, 11) is 0. The summed E-state index contributed by atoms with van der Waals surface area (Å²) in [6.45, 7) is 0. The number of pyridine rings is 2. The minimum atomic E-state index is -0.0804. The molecule has 86 valence electrons. The lowest BCUT2D eigenvalue weighted by Gasteiger charge is -2.01. The van der Waals surface area contributed by atoms with E-state index in [2.05, 4.69) is 9.97 Å². The Hall–Kier alpha value is -2.55. The second-order valence-corrected chi connectivity index (χ2v) is 3.94. The van der Waals surface area contributed by atoms with Crippen molar-refractivity contribution in [2.75, 3.05) is 0 Å². The fourth-order valence-electron chi connectivity index (χ4n) is 1.82. The number of nitrogens with zero attached hydrogens (tertiary/aromatic N) is 2. The minimum absolute atomic E-state index is 0.0804. The van der Waals surface area contributed by atoms with E-state index in [0.29, 0.717) is 16.9 Å². The Labute approximate surface area is 104 Å². The fraction of sp³-hybridized carbons (Fsp3) is 0. The molecule has 3 heteroatoms. The van der Waals surface area contributed by atoms with Gasteiger partial charge in [0.05, 0.1) is 0 Å². The van der Waals surface area contributed by atoms with Crippen molar-refractivity contribution in [2.45, 2.75) is 0 Å². The summed E-state index contributed by atoms with van der Waals surface area (Å²) in [6.07, 6.45) is 1.67. The van der Waals surface area contributed by atoms with Gasteiger partial charge in [-0.2, -0.15) is 0 Å². The largest absolute Gasteiger partial charge is 0.287 e. The number of fused-ring (bicyclic) bond motifs is 1. The molecule has 0 saturated carbocycles. The summed E-state index contributed by atoms with van der Waals surface area (Å²) in [6, 6.07) is 16.5. The van der Waals surface area contributed by atoms with E-state index in [4.69, 9.17) is 0 Å². The molecule has 3 aromatic rings. The average Bonchev–Trinajstić information content (AvgIpc) is 2.47. The Kier molecular flexibility index (Phi) is 2.57. The van der Waals surface area contributed by atoms with Gasteiger partial charge in [-0.3, -0.25) is 4.79 Å². The summed E-state index contributed by atoms with van der Waals surface area (Å²) in [4.78, 5) is 20.6. The molecule has 0 amide bonds. The van der Waals surface area contributed by atoms with E-state index >= 15 is 0 Å². The third kappa shape index (κ3) is 1.86. The van der Waals surface area contributed by atoms with Crippen molar-refractivity contribution in [1.82, 2.24) is 9.97 Å². The van der Waals surface area contributed by atoms with Crippen molar-refractivity contribution in [1.29, 1.82) is 0 Å². The van der Waals surface area contributed by atoms with Gasteiger partial charge in [0, 0.05) is 17.1 Å². The lowest BCUT2D eigenvalue weighted by Crippen LogP contribution is -2.04. The number of carbonyl (C=O) groups excluding carboxylic acids is 1. The van der Waals surface area contributed by atoms with Gasteiger partial charge in [0.2, 0.25) is 5.78 Å². The van der Waals surface area contributed by atoms with E-state index in [1.807, 2.05) is 36.4 Å². The molecule has 0 aliphatic heterocycles. The van der Waals surface area contributed by atoms with Crippen molar-refractivity contribution in [3.63, 3.8) is 0 Å². The zero-order valence-electron chi connectivity index (χ0n) is 9.58. The van der Waals surface area contributed by atoms with Crippen LogP contribution in [0.3, 0.4) is 0 Å². The van der Waals surface area contributed by atoms with E-state index in [9.17, 15) is 4.79 Å². The van der Waals surface area contributed by atoms with E-state index in [1.54, 1.807) is 24.4 Å². The van der Waals surface area contributed by atoms with Crippen molar-refractivity contribution in [3.8, 4) is 0 Å². The highest BCUT2D eigenvalue weighted by molar-refractivity contribution is 6.08. The highest BCUT2D eigenvalue weighted by atomic mass is 16.1. The molecule has 1 aromatic carbocycles. The molecule has 2 aromatic heterocycles. The van der Waals surface area contributed by atoms with Crippen LogP contribution in [0.2, 0.25) is 0 Å². The maximum atomic E-state index is 12.2. The van der Waals surface area contributed by atoms with Crippen LogP contribution < -0.4 is 0 Å². The van der Waals surface area contributed by atoms with Crippen LogP contribution >= 0.6 is 0 Å². The van der Waals surface area contributed by atoms with Gasteiger partial charge in [0.25, 0.3) is 0 Å². The summed E-state index contributed by atoms with van der Waals surface area (Å²) in [5, 5.41) is 0.933. The molecule has 0 atom stereocenters. The van der Waals surface area contributed by atoms with Gasteiger partial charge in [0.15, 0.2) is 5.65 Å². The summed E-state index contributed by atoms with van der Waals surface area (Å²) >= 11 is 0. The Morgan fingerprint density at radius 1 is 0.889 bits per heavy atom. The Morgan fingerprint density at radius 2 is 1.72 bits per heavy atom. The first kappa shape index (κ1) is 10.6. The van der Waals surface area contributed by atoms with Gasteiger partial charge in [-0.25, -0.2) is 9.97 Å². The summed E-state index contributed by atoms with van der Waals surface area (Å²) in [5.41, 5.74) is 1.66. The maximum absolute atomic E-state index is 12.2. The fourth-order valence-corrected chi connectivity index (χ4v) is 1.82. The Morgan fingerprint density at radius 3 is 2.56 bits per heavy atom. The number of hydrogen-bond acceptors (Lipinski definition) is 3. The van der Waals surface area contributed by atoms with Crippen molar-refractivity contribution < 1.29 is 4.79 Å². The van der Waals surface area contributed by atoms with Gasteiger partial charge in [-0.15, -0.1) is 0 Å². The molecule has 18 heavy (non-hydrogen) atoms. The molecule has 0 radical (unpaired) electrons. The molecule has 0 saturated heterocycles. The first-order chi connectivity index (χ1) is 8.84. The first-order valence-electron chi connectivity index (χ1n) is 5.66. The number of rotatable bonds is 2. The van der Waals surface area contributed by atoms with E-state index in [1.165, 1.54) is 0 Å². The van der Waals surface area contributed by atoms with Crippen LogP contribution in [0.1, 0.15) is 16.1 Å². The molecule has 2 heterocycles. The van der Waals surface area contributed by atoms with Gasteiger partial charge >= 0.3 is 0 Å².